The molecule has 0 bridgehead atoms. The molecular formula is C33H38Cl2F6N6O2. The number of aromatic nitrogens is 2. The van der Waals surface area contributed by atoms with Crippen LogP contribution < -0.4 is 20.9 Å². The second kappa shape index (κ2) is 14.5. The van der Waals surface area contributed by atoms with Crippen molar-refractivity contribution in [2.75, 3.05) is 23.3 Å². The normalized spacial score (nSPS) is 20.2. The lowest BCUT2D eigenvalue weighted by atomic mass is 9.85. The number of alkyl halides is 6. The van der Waals surface area contributed by atoms with Gasteiger partial charge in [-0.2, -0.15) is 13.2 Å². The maximum Gasteiger partial charge on any atom is 0.391 e. The third-order valence-electron chi connectivity index (χ3n) is 8.96. The summed E-state index contributed by atoms with van der Waals surface area (Å²) in [5.41, 5.74) is 0.788. The molecule has 49 heavy (non-hydrogen) atoms. The standard InChI is InChI=1S/C33H38Cl2F6N6O2/c1-32(2,3)30(49)42-14-17-4-9-22(34)28(27(17)35)45-31-44-23-12-21(29(48)43-20-7-5-18(6-8-20)33(39,40)41)24(46-11-10-19(36)15-46)13-25(23)47(31)16-26(37)38/h4,9,12-13,18-20,26H,5-8,10-11,14-16H2,1-3H3,(H,42,49)(H,43,48)(H,44,45)/t18-,19-,20-/m1/s1. The predicted octanol–water partition coefficient (Wildman–Crippen LogP) is 8.41. The zero-order valence-electron chi connectivity index (χ0n) is 27.2. The van der Waals surface area contributed by atoms with E-state index in [-0.39, 0.29) is 95.9 Å². The molecule has 1 saturated carbocycles. The first-order valence-corrected chi connectivity index (χ1v) is 16.8. The average molecular weight is 736 g/mol. The van der Waals surface area contributed by atoms with Crippen LogP contribution in [0.1, 0.15) is 68.8 Å². The van der Waals surface area contributed by atoms with Gasteiger partial charge in [0.15, 0.2) is 0 Å². The molecule has 3 N–H and O–H groups in total. The van der Waals surface area contributed by atoms with Gasteiger partial charge in [0.25, 0.3) is 12.3 Å². The van der Waals surface area contributed by atoms with Crippen molar-refractivity contribution < 1.29 is 35.9 Å². The van der Waals surface area contributed by atoms with Gasteiger partial charge in [0.05, 0.1) is 50.5 Å². The topological polar surface area (TPSA) is 91.3 Å². The van der Waals surface area contributed by atoms with Gasteiger partial charge in [-0.15, -0.1) is 0 Å². The summed E-state index contributed by atoms with van der Waals surface area (Å²) in [5.74, 6) is -2.28. The lowest BCUT2D eigenvalue weighted by Gasteiger charge is -2.30. The van der Waals surface area contributed by atoms with Crippen LogP contribution in [0.2, 0.25) is 10.0 Å². The quantitative estimate of drug-likeness (QED) is 0.192. The van der Waals surface area contributed by atoms with E-state index in [1.165, 1.54) is 22.8 Å². The number of hydrogen-bond acceptors (Lipinski definition) is 5. The highest BCUT2D eigenvalue weighted by molar-refractivity contribution is 6.39. The highest BCUT2D eigenvalue weighted by Gasteiger charge is 2.41. The molecule has 2 aromatic carbocycles. The van der Waals surface area contributed by atoms with Crippen LogP contribution in [0.3, 0.4) is 0 Å². The SMILES string of the molecule is CC(C)(C)C(=O)NCc1ccc(Cl)c(Nc2nc3cc(C(=O)N[C@H]4CC[C@H](C(F)(F)F)CC4)c(N4CC[C@@H](F)C4)cc3n2CC(F)F)c1Cl. The molecule has 1 aliphatic heterocycles. The molecular weight excluding hydrogens is 697 g/mol. The zero-order valence-corrected chi connectivity index (χ0v) is 28.7. The Labute approximate surface area is 289 Å². The first-order valence-electron chi connectivity index (χ1n) is 16.0. The molecule has 8 nitrogen and oxygen atoms in total. The van der Waals surface area contributed by atoms with E-state index in [0.717, 1.165) is 0 Å². The number of carbonyl (C=O) groups excluding carboxylic acids is 2. The van der Waals surface area contributed by atoms with Crippen molar-refractivity contribution >= 4 is 63.4 Å². The molecule has 5 rings (SSSR count). The number of imidazole rings is 1. The Balaban J connectivity index is 1.50. The zero-order chi connectivity index (χ0) is 35.8. The van der Waals surface area contributed by atoms with Crippen LogP contribution in [0.4, 0.5) is 43.7 Å². The van der Waals surface area contributed by atoms with Gasteiger partial charge in [0, 0.05) is 31.1 Å². The molecule has 1 atom stereocenters. The minimum Gasteiger partial charge on any atom is -0.368 e. The van der Waals surface area contributed by atoms with Crippen molar-refractivity contribution in [1.29, 1.82) is 0 Å². The van der Waals surface area contributed by atoms with E-state index in [9.17, 15) is 35.9 Å². The monoisotopic (exact) mass is 734 g/mol. The van der Waals surface area contributed by atoms with Crippen molar-refractivity contribution in [2.24, 2.45) is 11.3 Å². The molecule has 2 heterocycles. The van der Waals surface area contributed by atoms with E-state index in [2.05, 4.69) is 20.9 Å². The summed E-state index contributed by atoms with van der Waals surface area (Å²) in [7, 11) is 0. The maximum absolute atomic E-state index is 14.4. The third kappa shape index (κ3) is 8.50. The molecule has 1 aromatic heterocycles. The van der Waals surface area contributed by atoms with E-state index < -0.39 is 48.6 Å². The number of nitrogens with one attached hydrogen (secondary N) is 3. The molecule has 2 amide bonds. The summed E-state index contributed by atoms with van der Waals surface area (Å²) < 4.78 is 83.2. The third-order valence-corrected chi connectivity index (χ3v) is 9.70. The van der Waals surface area contributed by atoms with E-state index in [0.29, 0.717) is 11.3 Å². The fourth-order valence-corrected chi connectivity index (χ4v) is 6.72. The number of fused-ring (bicyclic) bond motifs is 1. The van der Waals surface area contributed by atoms with Gasteiger partial charge in [-0.25, -0.2) is 18.2 Å². The van der Waals surface area contributed by atoms with Crippen molar-refractivity contribution in [3.8, 4) is 0 Å². The van der Waals surface area contributed by atoms with E-state index >= 15 is 0 Å². The molecule has 3 aromatic rings. The minimum absolute atomic E-state index is 0.0275. The van der Waals surface area contributed by atoms with E-state index in [1.54, 1.807) is 31.7 Å². The second-order valence-corrected chi connectivity index (χ2v) is 14.4. The summed E-state index contributed by atoms with van der Waals surface area (Å²) >= 11 is 13.2. The summed E-state index contributed by atoms with van der Waals surface area (Å²) in [6.07, 6.45) is -8.03. The number of anilines is 3. The predicted molar refractivity (Wildman–Crippen MR) is 178 cm³/mol. The Bertz CT molecular complexity index is 1700. The Morgan fingerprint density at radius 2 is 1.73 bits per heavy atom. The summed E-state index contributed by atoms with van der Waals surface area (Å²) in [6.45, 7) is 4.79. The van der Waals surface area contributed by atoms with E-state index in [1.807, 2.05) is 0 Å². The highest BCUT2D eigenvalue weighted by atomic mass is 35.5. The molecule has 268 valence electrons. The number of benzene rings is 2. The second-order valence-electron chi connectivity index (χ2n) is 13.6. The molecule has 0 unspecified atom stereocenters. The van der Waals surface area contributed by atoms with Gasteiger partial charge in [0.2, 0.25) is 11.9 Å². The number of nitrogens with zero attached hydrogens (tertiary/aromatic N) is 3. The van der Waals surface area contributed by atoms with Crippen molar-refractivity contribution in [3.63, 3.8) is 0 Å². The number of hydrogen-bond donors (Lipinski definition) is 3. The van der Waals surface area contributed by atoms with Gasteiger partial charge in [-0.3, -0.25) is 9.59 Å². The smallest absolute Gasteiger partial charge is 0.368 e. The number of carbonyl (C=O) groups is 2. The first-order chi connectivity index (χ1) is 22.9. The largest absolute Gasteiger partial charge is 0.391 e. The van der Waals surface area contributed by atoms with Crippen molar-refractivity contribution in [2.45, 2.75) is 90.8 Å². The summed E-state index contributed by atoms with van der Waals surface area (Å²) in [6, 6.07) is 5.59. The Morgan fingerprint density at radius 1 is 1.04 bits per heavy atom. The van der Waals surface area contributed by atoms with Crippen LogP contribution in [0.5, 0.6) is 0 Å². The van der Waals surface area contributed by atoms with Crippen LogP contribution in [0, 0.1) is 11.3 Å². The van der Waals surface area contributed by atoms with Crippen LogP contribution >= 0.6 is 23.2 Å². The van der Waals surface area contributed by atoms with E-state index in [4.69, 9.17) is 23.2 Å². The van der Waals surface area contributed by atoms with Gasteiger partial charge in [0.1, 0.15) is 6.17 Å². The van der Waals surface area contributed by atoms with Gasteiger partial charge >= 0.3 is 6.18 Å². The molecule has 16 heteroatoms. The van der Waals surface area contributed by atoms with Crippen LogP contribution in [0.25, 0.3) is 11.0 Å². The number of halogens is 8. The first kappa shape index (κ1) is 36.9. The summed E-state index contributed by atoms with van der Waals surface area (Å²) in [4.78, 5) is 32.3. The lowest BCUT2D eigenvalue weighted by molar-refractivity contribution is -0.182. The van der Waals surface area contributed by atoms with Crippen molar-refractivity contribution in [1.82, 2.24) is 20.2 Å². The Hall–Kier alpha value is -3.39. The van der Waals surface area contributed by atoms with Gasteiger partial charge in [-0.05, 0) is 55.9 Å². The fraction of sp³-hybridized carbons (Fsp3) is 0.545. The van der Waals surface area contributed by atoms with Crippen molar-refractivity contribution in [3.05, 3.63) is 45.4 Å². The number of amides is 2. The fourth-order valence-electron chi connectivity index (χ4n) is 6.19. The molecule has 1 saturated heterocycles. The van der Waals surface area contributed by atoms with Crippen LogP contribution in [-0.4, -0.2) is 59.3 Å². The summed E-state index contributed by atoms with van der Waals surface area (Å²) in [5, 5.41) is 8.88. The van der Waals surface area contributed by atoms with Crippen LogP contribution in [0.15, 0.2) is 24.3 Å². The van der Waals surface area contributed by atoms with Gasteiger partial charge < -0.3 is 25.4 Å². The molecule has 2 fully saturated rings. The molecule has 1 aliphatic carbocycles. The van der Waals surface area contributed by atoms with Gasteiger partial charge in [-0.1, -0.05) is 50.0 Å². The Kier molecular flexibility index (Phi) is 10.9. The maximum atomic E-state index is 14.4. The highest BCUT2D eigenvalue weighted by Crippen LogP contribution is 2.40. The average Bonchev–Trinajstić information content (AvgIpc) is 3.59. The van der Waals surface area contributed by atoms with Crippen LogP contribution in [-0.2, 0) is 17.9 Å². The Morgan fingerprint density at radius 3 is 2.33 bits per heavy atom. The molecule has 2 aliphatic rings. The molecule has 0 spiro atoms. The lowest BCUT2D eigenvalue weighted by Crippen LogP contribution is -2.40. The molecule has 0 radical (unpaired) electrons. The minimum atomic E-state index is -4.30. The number of rotatable bonds is 9.